The van der Waals surface area contributed by atoms with E-state index in [1.807, 2.05) is 7.05 Å². The molecule has 1 N–H and O–H groups in total. The maximum atomic E-state index is 12.6. The van der Waals surface area contributed by atoms with Gasteiger partial charge in [-0.25, -0.2) is 0 Å². The second-order valence-corrected chi connectivity index (χ2v) is 6.03. The third-order valence-corrected chi connectivity index (χ3v) is 4.90. The van der Waals surface area contributed by atoms with Crippen molar-refractivity contribution < 1.29 is 13.2 Å². The van der Waals surface area contributed by atoms with Crippen LogP contribution in [0.5, 0.6) is 0 Å². The smallest absolute Gasteiger partial charge is 0.317 e. The van der Waals surface area contributed by atoms with E-state index in [2.05, 4.69) is 10.2 Å². The quantitative estimate of drug-likeness (QED) is 0.850. The third-order valence-electron chi connectivity index (χ3n) is 4.90. The van der Waals surface area contributed by atoms with Crippen molar-refractivity contribution in [2.75, 3.05) is 26.7 Å². The van der Waals surface area contributed by atoms with Crippen molar-refractivity contribution in [2.24, 2.45) is 11.8 Å². The average Bonchev–Trinajstić information content (AvgIpc) is 2.83. The second kappa shape index (κ2) is 6.44. The summed E-state index contributed by atoms with van der Waals surface area (Å²) in [5.41, 5.74) is 0. The van der Waals surface area contributed by atoms with Gasteiger partial charge in [0.05, 0.1) is 5.92 Å². The molecule has 5 heteroatoms. The first-order valence-electron chi connectivity index (χ1n) is 7.47. The van der Waals surface area contributed by atoms with E-state index in [4.69, 9.17) is 0 Å². The molecule has 2 rings (SSSR count). The fourth-order valence-electron chi connectivity index (χ4n) is 3.59. The van der Waals surface area contributed by atoms with Crippen molar-refractivity contribution in [3.8, 4) is 0 Å². The minimum absolute atomic E-state index is 0.281. The summed E-state index contributed by atoms with van der Waals surface area (Å²) in [5.74, 6) is -0.356. The Bertz CT molecular complexity index is 272. The summed E-state index contributed by atoms with van der Waals surface area (Å²) in [6.45, 7) is 2.19. The minimum Gasteiger partial charge on any atom is -0.317 e. The lowest BCUT2D eigenvalue weighted by Gasteiger charge is -2.33. The molecule has 2 aliphatic rings. The van der Waals surface area contributed by atoms with E-state index in [1.165, 1.54) is 19.3 Å². The Morgan fingerprint density at radius 3 is 2.37 bits per heavy atom. The van der Waals surface area contributed by atoms with Gasteiger partial charge in [-0.05, 0) is 64.7 Å². The molecule has 2 nitrogen and oxygen atoms in total. The number of piperidine rings is 1. The molecular weight excluding hydrogens is 253 g/mol. The van der Waals surface area contributed by atoms with Crippen LogP contribution in [0, 0.1) is 11.8 Å². The van der Waals surface area contributed by atoms with Gasteiger partial charge in [0.2, 0.25) is 0 Å². The number of alkyl halides is 3. The number of likely N-dealkylation sites (tertiary alicyclic amines) is 1. The van der Waals surface area contributed by atoms with E-state index in [9.17, 15) is 13.2 Å². The fraction of sp³-hybridized carbons (Fsp3) is 1.00. The second-order valence-electron chi connectivity index (χ2n) is 6.03. The molecule has 0 aromatic heterocycles. The zero-order valence-electron chi connectivity index (χ0n) is 11.7. The molecule has 112 valence electrons. The average molecular weight is 278 g/mol. The minimum atomic E-state index is -3.99. The molecule has 0 bridgehead atoms. The zero-order chi connectivity index (χ0) is 13.9. The van der Waals surface area contributed by atoms with Gasteiger partial charge in [0.1, 0.15) is 0 Å². The number of nitrogens with one attached hydrogen (secondary N) is 1. The highest BCUT2D eigenvalue weighted by Gasteiger charge is 2.41. The molecule has 1 heterocycles. The van der Waals surface area contributed by atoms with Crippen LogP contribution < -0.4 is 5.32 Å². The summed E-state index contributed by atoms with van der Waals surface area (Å²) in [5, 5.41) is 3.36. The van der Waals surface area contributed by atoms with Crippen LogP contribution in [0.3, 0.4) is 0 Å². The Kier molecular flexibility index (Phi) is 5.12. The van der Waals surface area contributed by atoms with Crippen LogP contribution in [0.25, 0.3) is 0 Å². The molecular formula is C14H25F3N2. The summed E-state index contributed by atoms with van der Waals surface area (Å²) in [4.78, 5) is 2.22. The Balaban J connectivity index is 1.68. The van der Waals surface area contributed by atoms with Gasteiger partial charge in [0.15, 0.2) is 0 Å². The van der Waals surface area contributed by atoms with Crippen LogP contribution in [0.1, 0.15) is 38.5 Å². The molecule has 0 spiro atoms. The van der Waals surface area contributed by atoms with Gasteiger partial charge in [-0.1, -0.05) is 6.42 Å². The molecule has 1 saturated heterocycles. The number of rotatable bonds is 4. The van der Waals surface area contributed by atoms with Crippen molar-refractivity contribution in [1.82, 2.24) is 10.2 Å². The van der Waals surface area contributed by atoms with E-state index < -0.39 is 12.1 Å². The van der Waals surface area contributed by atoms with Crippen molar-refractivity contribution in [1.29, 1.82) is 0 Å². The molecule has 0 radical (unpaired) electrons. The summed E-state index contributed by atoms with van der Waals surface area (Å²) in [6, 6.07) is 0.618. The largest absolute Gasteiger partial charge is 0.391 e. The first-order chi connectivity index (χ1) is 9.00. The van der Waals surface area contributed by atoms with Crippen molar-refractivity contribution in [3.63, 3.8) is 0 Å². The number of hydrogen-bond acceptors (Lipinski definition) is 2. The van der Waals surface area contributed by atoms with E-state index in [0.717, 1.165) is 13.0 Å². The Morgan fingerprint density at radius 1 is 1.11 bits per heavy atom. The predicted molar refractivity (Wildman–Crippen MR) is 70.0 cm³/mol. The molecule has 0 amide bonds. The third kappa shape index (κ3) is 4.09. The van der Waals surface area contributed by atoms with Gasteiger partial charge >= 0.3 is 6.18 Å². The monoisotopic (exact) mass is 278 g/mol. The Labute approximate surface area is 113 Å². The van der Waals surface area contributed by atoms with Crippen LogP contribution in [0.15, 0.2) is 0 Å². The highest BCUT2D eigenvalue weighted by atomic mass is 19.4. The lowest BCUT2D eigenvalue weighted by Crippen LogP contribution is -2.40. The van der Waals surface area contributed by atoms with Gasteiger partial charge in [-0.15, -0.1) is 0 Å². The Morgan fingerprint density at radius 2 is 1.79 bits per heavy atom. The summed E-state index contributed by atoms with van der Waals surface area (Å²) in [7, 11) is 2.01. The van der Waals surface area contributed by atoms with Crippen LogP contribution in [-0.4, -0.2) is 43.8 Å². The summed E-state index contributed by atoms with van der Waals surface area (Å²) < 4.78 is 37.7. The molecule has 2 atom stereocenters. The van der Waals surface area contributed by atoms with Crippen LogP contribution in [0.4, 0.5) is 13.2 Å². The number of nitrogens with zero attached hydrogens (tertiary/aromatic N) is 1. The first kappa shape index (κ1) is 15.1. The van der Waals surface area contributed by atoms with Crippen LogP contribution in [0.2, 0.25) is 0 Å². The van der Waals surface area contributed by atoms with Gasteiger partial charge < -0.3 is 10.2 Å². The van der Waals surface area contributed by atoms with E-state index in [1.54, 1.807) is 0 Å². The fourth-order valence-corrected chi connectivity index (χ4v) is 3.59. The molecule has 0 aromatic rings. The highest BCUT2D eigenvalue weighted by molar-refractivity contribution is 4.84. The predicted octanol–water partition coefficient (Wildman–Crippen LogP) is 3.04. The standard InChI is InChI=1S/C14H25F3N2/c1-18-13-4-2-3-11(13)5-8-19-9-6-12(7-10-19)14(15,16)17/h11-13,18H,2-10H2,1H3. The molecule has 2 unspecified atom stereocenters. The molecule has 19 heavy (non-hydrogen) atoms. The van der Waals surface area contributed by atoms with E-state index in [0.29, 0.717) is 25.0 Å². The lowest BCUT2D eigenvalue weighted by atomic mass is 9.94. The number of hydrogen-bond donors (Lipinski definition) is 1. The van der Waals surface area contributed by atoms with Crippen molar-refractivity contribution >= 4 is 0 Å². The van der Waals surface area contributed by atoms with Gasteiger partial charge in [0, 0.05) is 6.04 Å². The lowest BCUT2D eigenvalue weighted by molar-refractivity contribution is -0.185. The van der Waals surface area contributed by atoms with E-state index >= 15 is 0 Å². The molecule has 2 fully saturated rings. The molecule has 1 aliphatic heterocycles. The SMILES string of the molecule is CNC1CCCC1CCN1CCC(C(F)(F)F)CC1. The van der Waals surface area contributed by atoms with Crippen molar-refractivity contribution in [2.45, 2.75) is 50.7 Å². The Hall–Kier alpha value is -0.290. The topological polar surface area (TPSA) is 15.3 Å². The zero-order valence-corrected chi connectivity index (χ0v) is 11.7. The van der Waals surface area contributed by atoms with E-state index in [-0.39, 0.29) is 12.8 Å². The van der Waals surface area contributed by atoms with Gasteiger partial charge in [-0.2, -0.15) is 13.2 Å². The number of halogens is 3. The first-order valence-corrected chi connectivity index (χ1v) is 7.47. The van der Waals surface area contributed by atoms with Crippen molar-refractivity contribution in [3.05, 3.63) is 0 Å². The highest BCUT2D eigenvalue weighted by Crippen LogP contribution is 2.34. The molecule has 1 aliphatic carbocycles. The van der Waals surface area contributed by atoms with Gasteiger partial charge in [0.25, 0.3) is 0 Å². The normalized spacial score (nSPS) is 30.9. The van der Waals surface area contributed by atoms with Crippen LogP contribution >= 0.6 is 0 Å². The molecule has 1 saturated carbocycles. The summed E-state index contributed by atoms with van der Waals surface area (Å²) in [6.07, 6.45) is 1.50. The summed E-state index contributed by atoms with van der Waals surface area (Å²) >= 11 is 0. The van der Waals surface area contributed by atoms with Gasteiger partial charge in [-0.3, -0.25) is 0 Å². The maximum absolute atomic E-state index is 12.6. The molecule has 0 aromatic carbocycles. The van der Waals surface area contributed by atoms with Crippen LogP contribution in [-0.2, 0) is 0 Å². The maximum Gasteiger partial charge on any atom is 0.391 e.